The number of unbranched alkanes of at least 4 members (excludes halogenated alkanes) is 3. The van der Waals surface area contributed by atoms with Crippen LogP contribution < -0.4 is 5.32 Å². The Morgan fingerprint density at radius 3 is 2.33 bits per heavy atom. The lowest BCUT2D eigenvalue weighted by Crippen LogP contribution is -2.31. The van der Waals surface area contributed by atoms with E-state index in [0.29, 0.717) is 36.7 Å². The van der Waals surface area contributed by atoms with Gasteiger partial charge in [0.2, 0.25) is 11.1 Å². The number of aliphatic carboxylic acids is 1. The lowest BCUT2D eigenvalue weighted by Gasteiger charge is -2.36. The summed E-state index contributed by atoms with van der Waals surface area (Å²) >= 11 is 1.54. The number of amides is 1. The molecule has 1 aliphatic heterocycles. The molecule has 0 saturated carbocycles. The first-order valence-corrected chi connectivity index (χ1v) is 18.6. The van der Waals surface area contributed by atoms with Crippen LogP contribution in [0.25, 0.3) is 16.8 Å². The fraction of sp³-hybridized carbons (Fsp3) is 0.325. The Labute approximate surface area is 307 Å². The molecule has 0 radical (unpaired) electrons. The molecule has 270 valence electrons. The van der Waals surface area contributed by atoms with E-state index >= 15 is 0 Å². The lowest BCUT2D eigenvalue weighted by atomic mass is 9.99. The van der Waals surface area contributed by atoms with Crippen LogP contribution in [0.15, 0.2) is 108 Å². The third kappa shape index (κ3) is 10.3. The second-order valence-corrected chi connectivity index (χ2v) is 13.8. The topological polar surface area (TPSA) is 149 Å². The third-order valence-corrected chi connectivity index (χ3v) is 9.96. The van der Waals surface area contributed by atoms with Crippen molar-refractivity contribution in [3.63, 3.8) is 0 Å². The molecule has 1 aliphatic rings. The van der Waals surface area contributed by atoms with Gasteiger partial charge in [0.15, 0.2) is 6.29 Å². The van der Waals surface area contributed by atoms with Gasteiger partial charge in [-0.2, -0.15) is 4.68 Å². The highest BCUT2D eigenvalue weighted by Gasteiger charge is 2.33. The zero-order valence-electron chi connectivity index (χ0n) is 28.8. The molecule has 3 unspecified atom stereocenters. The Balaban J connectivity index is 1.12. The van der Waals surface area contributed by atoms with Crippen molar-refractivity contribution in [3.8, 4) is 16.8 Å². The molecule has 1 fully saturated rings. The van der Waals surface area contributed by atoms with Gasteiger partial charge in [0, 0.05) is 37.1 Å². The molecule has 0 bridgehead atoms. The minimum atomic E-state index is -0.781. The molecule has 1 amide bonds. The number of aromatic nitrogens is 4. The SMILES string of the molecule is O=C(O)CCCCCCC(=O)NCc1cccc(-c2cccc(C3OC(CSc4nnnn4-c4ccccc4)CC(c4ccc(CO)cc4)O3)c2)c1. The van der Waals surface area contributed by atoms with E-state index in [0.717, 1.165) is 58.3 Å². The number of tetrazole rings is 1. The number of hydrogen-bond donors (Lipinski definition) is 3. The lowest BCUT2D eigenvalue weighted by molar-refractivity contribution is -0.245. The van der Waals surface area contributed by atoms with Crippen LogP contribution in [0.5, 0.6) is 0 Å². The highest BCUT2D eigenvalue weighted by molar-refractivity contribution is 7.99. The van der Waals surface area contributed by atoms with Crippen molar-refractivity contribution < 1.29 is 29.3 Å². The summed E-state index contributed by atoms with van der Waals surface area (Å²) in [5, 5.41) is 34.4. The Bertz CT molecular complexity index is 1900. The fourth-order valence-electron chi connectivity index (χ4n) is 6.12. The summed E-state index contributed by atoms with van der Waals surface area (Å²) in [6.07, 6.45) is 3.23. The number of carbonyl (C=O) groups excluding carboxylic acids is 1. The van der Waals surface area contributed by atoms with E-state index in [9.17, 15) is 14.7 Å². The summed E-state index contributed by atoms with van der Waals surface area (Å²) < 4.78 is 15.0. The van der Waals surface area contributed by atoms with E-state index in [1.807, 2.05) is 84.9 Å². The maximum absolute atomic E-state index is 12.5. The number of benzene rings is 4. The summed E-state index contributed by atoms with van der Waals surface area (Å²) in [5.41, 5.74) is 6.63. The summed E-state index contributed by atoms with van der Waals surface area (Å²) in [7, 11) is 0. The van der Waals surface area contributed by atoms with E-state index in [4.69, 9.17) is 14.6 Å². The highest BCUT2D eigenvalue weighted by atomic mass is 32.2. The second kappa shape index (κ2) is 18.6. The molecular weight excluding hydrogens is 679 g/mol. The fourth-order valence-corrected chi connectivity index (χ4v) is 7.03. The van der Waals surface area contributed by atoms with Gasteiger partial charge in [-0.25, -0.2) is 0 Å². The van der Waals surface area contributed by atoms with E-state index in [1.54, 1.807) is 4.68 Å². The van der Waals surface area contributed by atoms with Crippen molar-refractivity contribution in [3.05, 3.63) is 125 Å². The first-order chi connectivity index (χ1) is 25.4. The van der Waals surface area contributed by atoms with Gasteiger partial charge in [-0.3, -0.25) is 9.59 Å². The van der Waals surface area contributed by atoms with E-state index < -0.39 is 12.3 Å². The van der Waals surface area contributed by atoms with Gasteiger partial charge < -0.3 is 25.0 Å². The van der Waals surface area contributed by atoms with Crippen molar-refractivity contribution in [2.24, 2.45) is 0 Å². The number of carboxylic acid groups (broad SMARTS) is 1. The molecule has 52 heavy (non-hydrogen) atoms. The minimum absolute atomic E-state index is 0.0120. The Morgan fingerprint density at radius 1 is 0.808 bits per heavy atom. The van der Waals surface area contributed by atoms with Crippen molar-refractivity contribution in [2.75, 3.05) is 5.75 Å². The van der Waals surface area contributed by atoms with Crippen LogP contribution in [0.1, 0.15) is 79.6 Å². The van der Waals surface area contributed by atoms with Gasteiger partial charge in [0.25, 0.3) is 0 Å². The molecular formula is C40H43N5O6S. The Kier molecular flexibility index (Phi) is 13.2. The number of aliphatic hydroxyl groups excluding tert-OH is 1. The summed E-state index contributed by atoms with van der Waals surface area (Å²) in [6.45, 7) is 0.398. The van der Waals surface area contributed by atoms with Gasteiger partial charge in [-0.05, 0) is 75.4 Å². The quantitative estimate of drug-likeness (QED) is 0.0665. The van der Waals surface area contributed by atoms with Crippen LogP contribution in [-0.4, -0.2) is 54.2 Å². The van der Waals surface area contributed by atoms with Gasteiger partial charge in [-0.15, -0.1) is 5.10 Å². The monoisotopic (exact) mass is 721 g/mol. The van der Waals surface area contributed by atoms with E-state index in [2.05, 4.69) is 39.0 Å². The maximum Gasteiger partial charge on any atom is 0.303 e. The minimum Gasteiger partial charge on any atom is -0.481 e. The number of para-hydroxylation sites is 1. The number of aliphatic hydroxyl groups is 1. The molecule has 5 aromatic rings. The van der Waals surface area contributed by atoms with Crippen LogP contribution in [0.3, 0.4) is 0 Å². The van der Waals surface area contributed by atoms with Gasteiger partial charge in [-0.1, -0.05) is 103 Å². The zero-order valence-corrected chi connectivity index (χ0v) is 29.7. The number of nitrogens with one attached hydrogen (secondary N) is 1. The molecule has 3 atom stereocenters. The number of hydrogen-bond acceptors (Lipinski definition) is 9. The van der Waals surface area contributed by atoms with Crippen molar-refractivity contribution >= 4 is 23.6 Å². The highest BCUT2D eigenvalue weighted by Crippen LogP contribution is 2.40. The molecule has 0 spiro atoms. The largest absolute Gasteiger partial charge is 0.481 e. The molecule has 2 heterocycles. The van der Waals surface area contributed by atoms with E-state index in [-0.39, 0.29) is 31.1 Å². The van der Waals surface area contributed by atoms with Gasteiger partial charge >= 0.3 is 5.97 Å². The van der Waals surface area contributed by atoms with Gasteiger partial charge in [0.1, 0.15) is 0 Å². The second-order valence-electron chi connectivity index (χ2n) is 12.8. The summed E-state index contributed by atoms with van der Waals surface area (Å²) in [4.78, 5) is 23.1. The van der Waals surface area contributed by atoms with Crippen molar-refractivity contribution in [2.45, 2.75) is 81.8 Å². The van der Waals surface area contributed by atoms with Crippen molar-refractivity contribution in [1.82, 2.24) is 25.5 Å². The number of carboxylic acids is 1. The first-order valence-electron chi connectivity index (χ1n) is 17.6. The third-order valence-electron chi connectivity index (χ3n) is 8.91. The number of carbonyl (C=O) groups is 2. The number of rotatable bonds is 17. The number of nitrogens with zero attached hydrogens (tertiary/aromatic N) is 4. The Morgan fingerprint density at radius 2 is 1.56 bits per heavy atom. The first kappa shape index (κ1) is 36.9. The zero-order chi connectivity index (χ0) is 36.1. The van der Waals surface area contributed by atoms with Crippen LogP contribution in [0.2, 0.25) is 0 Å². The van der Waals surface area contributed by atoms with Crippen LogP contribution >= 0.6 is 11.8 Å². The summed E-state index contributed by atoms with van der Waals surface area (Å²) in [5.74, 6) is -0.185. The van der Waals surface area contributed by atoms with Crippen LogP contribution in [-0.2, 0) is 32.2 Å². The molecule has 4 aromatic carbocycles. The smallest absolute Gasteiger partial charge is 0.303 e. The predicted molar refractivity (Wildman–Crippen MR) is 197 cm³/mol. The standard InChI is InChI=1S/C40H43N5O6S/c46-26-28-18-20-30(21-19-28)36-24-35(27-52-40-42-43-44-45(40)34-14-4-3-5-15-34)50-39(51-36)33-13-9-12-32(23-33)31-11-8-10-29(22-31)25-41-37(47)16-6-1-2-7-17-38(48)49/h3-5,8-15,18-23,35-36,39,46H,1-2,6-7,16-17,24-27H2,(H,41,47)(H,48,49). The number of thioether (sulfide) groups is 1. The molecule has 6 rings (SSSR count). The van der Waals surface area contributed by atoms with Crippen molar-refractivity contribution in [1.29, 1.82) is 0 Å². The average Bonchev–Trinajstić information content (AvgIpc) is 3.67. The molecule has 12 heteroatoms. The normalized spacial score (nSPS) is 17.1. The van der Waals surface area contributed by atoms with Gasteiger partial charge in [0.05, 0.1) is 24.5 Å². The predicted octanol–water partition coefficient (Wildman–Crippen LogP) is 7.20. The van der Waals surface area contributed by atoms with Crippen LogP contribution in [0, 0.1) is 0 Å². The molecule has 3 N–H and O–H groups in total. The van der Waals surface area contributed by atoms with Crippen LogP contribution in [0.4, 0.5) is 0 Å². The number of ether oxygens (including phenoxy) is 2. The Hall–Kier alpha value is -4.88. The molecule has 11 nitrogen and oxygen atoms in total. The molecule has 1 aromatic heterocycles. The molecule has 1 saturated heterocycles. The van der Waals surface area contributed by atoms with E-state index in [1.165, 1.54) is 11.8 Å². The summed E-state index contributed by atoms with van der Waals surface area (Å²) in [6, 6.07) is 33.9. The maximum atomic E-state index is 12.5. The average molecular weight is 722 g/mol. The molecule has 0 aliphatic carbocycles.